The van der Waals surface area contributed by atoms with Gasteiger partial charge in [-0.2, -0.15) is 0 Å². The van der Waals surface area contributed by atoms with Gasteiger partial charge in [0.05, 0.1) is 23.3 Å². The lowest BCUT2D eigenvalue weighted by Gasteiger charge is -2.18. The number of amides is 1. The van der Waals surface area contributed by atoms with Gasteiger partial charge in [0.15, 0.2) is 5.17 Å². The van der Waals surface area contributed by atoms with Crippen molar-refractivity contribution in [1.82, 2.24) is 4.90 Å². The summed E-state index contributed by atoms with van der Waals surface area (Å²) < 4.78 is 4.72. The summed E-state index contributed by atoms with van der Waals surface area (Å²) in [6, 6.07) is 15.1. The Labute approximate surface area is 181 Å². The maximum absolute atomic E-state index is 12.8. The van der Waals surface area contributed by atoms with E-state index in [0.717, 1.165) is 5.56 Å². The molecule has 156 valence electrons. The molecule has 1 fully saturated rings. The lowest BCUT2D eigenvalue weighted by Crippen LogP contribution is -2.28. The van der Waals surface area contributed by atoms with Gasteiger partial charge in [-0.3, -0.25) is 9.69 Å². The Morgan fingerprint density at radius 1 is 1.10 bits per heavy atom. The van der Waals surface area contributed by atoms with Crippen LogP contribution in [-0.4, -0.2) is 35.6 Å². The minimum Gasteiger partial charge on any atom is -0.465 e. The standard InChI is InChI=1S/C24H26N2O3S/c1-6-26-21(27)20(15-16-7-11-18(12-8-16)24(2,3)4)30-23(26)25-19-13-9-17(10-14-19)22(28)29-5/h7-15H,6H2,1-5H3. The quantitative estimate of drug-likeness (QED) is 0.489. The largest absolute Gasteiger partial charge is 0.465 e. The molecule has 0 unspecified atom stereocenters. The maximum atomic E-state index is 12.8. The van der Waals surface area contributed by atoms with Crippen LogP contribution in [0.25, 0.3) is 6.08 Å². The lowest BCUT2D eigenvalue weighted by atomic mass is 9.87. The fourth-order valence-corrected chi connectivity index (χ4v) is 4.06. The summed E-state index contributed by atoms with van der Waals surface area (Å²) in [5, 5.41) is 0.630. The molecule has 1 saturated heterocycles. The summed E-state index contributed by atoms with van der Waals surface area (Å²) in [4.78, 5) is 31.3. The number of hydrogen-bond donors (Lipinski definition) is 0. The molecule has 1 aliphatic rings. The van der Waals surface area contributed by atoms with Crippen LogP contribution in [0, 0.1) is 0 Å². The van der Waals surface area contributed by atoms with E-state index in [4.69, 9.17) is 4.74 Å². The first kappa shape index (κ1) is 21.8. The molecule has 1 heterocycles. The Hall–Kier alpha value is -2.86. The zero-order valence-electron chi connectivity index (χ0n) is 17.9. The van der Waals surface area contributed by atoms with Crippen LogP contribution in [-0.2, 0) is 14.9 Å². The number of amidine groups is 1. The number of carbonyl (C=O) groups is 2. The number of methoxy groups -OCH3 is 1. The normalized spacial score (nSPS) is 17.1. The number of hydrogen-bond acceptors (Lipinski definition) is 5. The molecule has 30 heavy (non-hydrogen) atoms. The molecule has 3 rings (SSSR count). The van der Waals surface area contributed by atoms with Gasteiger partial charge < -0.3 is 4.74 Å². The third kappa shape index (κ3) is 4.82. The van der Waals surface area contributed by atoms with E-state index in [1.807, 2.05) is 25.1 Å². The third-order valence-electron chi connectivity index (χ3n) is 4.79. The first-order valence-electron chi connectivity index (χ1n) is 9.82. The Bertz CT molecular complexity index is 1000. The summed E-state index contributed by atoms with van der Waals surface area (Å²) in [6.07, 6.45) is 1.91. The summed E-state index contributed by atoms with van der Waals surface area (Å²) >= 11 is 1.36. The van der Waals surface area contributed by atoms with Crippen LogP contribution in [0.3, 0.4) is 0 Å². The molecule has 6 heteroatoms. The van der Waals surface area contributed by atoms with E-state index < -0.39 is 5.97 Å². The minimum absolute atomic E-state index is 0.0488. The summed E-state index contributed by atoms with van der Waals surface area (Å²) in [7, 11) is 1.35. The molecule has 1 aliphatic heterocycles. The Kier molecular flexibility index (Phi) is 6.46. The van der Waals surface area contributed by atoms with E-state index in [9.17, 15) is 9.59 Å². The van der Waals surface area contributed by atoms with Crippen LogP contribution in [0.2, 0.25) is 0 Å². The smallest absolute Gasteiger partial charge is 0.337 e. The first-order valence-corrected chi connectivity index (χ1v) is 10.6. The molecule has 0 aromatic heterocycles. The third-order valence-corrected chi connectivity index (χ3v) is 5.80. The highest BCUT2D eigenvalue weighted by molar-refractivity contribution is 8.18. The van der Waals surface area contributed by atoms with Crippen LogP contribution in [0.1, 0.15) is 49.2 Å². The maximum Gasteiger partial charge on any atom is 0.337 e. The second-order valence-corrected chi connectivity index (χ2v) is 8.97. The number of nitrogens with zero attached hydrogens (tertiary/aromatic N) is 2. The SMILES string of the molecule is CCN1C(=O)C(=Cc2ccc(C(C)(C)C)cc2)SC1=Nc1ccc(C(=O)OC)cc1. The summed E-state index contributed by atoms with van der Waals surface area (Å²) in [5.74, 6) is -0.440. The molecule has 0 saturated carbocycles. The monoisotopic (exact) mass is 422 g/mol. The lowest BCUT2D eigenvalue weighted by molar-refractivity contribution is -0.122. The van der Waals surface area contributed by atoms with Gasteiger partial charge in [-0.05, 0) is 65.6 Å². The van der Waals surface area contributed by atoms with Gasteiger partial charge in [-0.1, -0.05) is 45.0 Å². The summed E-state index contributed by atoms with van der Waals surface area (Å²) in [6.45, 7) is 8.99. The predicted octanol–water partition coefficient (Wildman–Crippen LogP) is 5.39. The second-order valence-electron chi connectivity index (χ2n) is 7.96. The molecule has 5 nitrogen and oxygen atoms in total. The Morgan fingerprint density at radius 3 is 2.27 bits per heavy atom. The highest BCUT2D eigenvalue weighted by Crippen LogP contribution is 2.34. The van der Waals surface area contributed by atoms with E-state index >= 15 is 0 Å². The van der Waals surface area contributed by atoms with Gasteiger partial charge >= 0.3 is 5.97 Å². The molecule has 2 aromatic carbocycles. The van der Waals surface area contributed by atoms with Crippen molar-refractivity contribution in [2.75, 3.05) is 13.7 Å². The summed E-state index contributed by atoms with van der Waals surface area (Å²) in [5.41, 5.74) is 3.46. The molecule has 0 N–H and O–H groups in total. The van der Waals surface area contributed by atoms with Crippen molar-refractivity contribution in [2.24, 2.45) is 4.99 Å². The number of aliphatic imine (C=N–C) groups is 1. The van der Waals surface area contributed by atoms with Gasteiger partial charge in [0.25, 0.3) is 5.91 Å². The predicted molar refractivity (Wildman–Crippen MR) is 123 cm³/mol. The Morgan fingerprint density at radius 2 is 1.73 bits per heavy atom. The molecule has 0 bridgehead atoms. The number of thioether (sulfide) groups is 1. The first-order chi connectivity index (χ1) is 14.2. The number of likely N-dealkylation sites (N-methyl/N-ethyl adjacent to an activating group) is 1. The fourth-order valence-electron chi connectivity index (χ4n) is 3.00. The highest BCUT2D eigenvalue weighted by atomic mass is 32.2. The van der Waals surface area contributed by atoms with Crippen molar-refractivity contribution >= 4 is 40.6 Å². The van der Waals surface area contributed by atoms with E-state index in [2.05, 4.69) is 37.9 Å². The topological polar surface area (TPSA) is 59.0 Å². The molecular formula is C24H26N2O3S. The number of rotatable bonds is 4. The van der Waals surface area contributed by atoms with Gasteiger partial charge in [-0.25, -0.2) is 9.79 Å². The molecule has 0 radical (unpaired) electrons. The van der Waals surface area contributed by atoms with E-state index in [1.54, 1.807) is 29.2 Å². The molecule has 1 amide bonds. The average Bonchev–Trinajstić information content (AvgIpc) is 3.01. The average molecular weight is 423 g/mol. The zero-order valence-corrected chi connectivity index (χ0v) is 18.7. The van der Waals surface area contributed by atoms with Crippen LogP contribution in [0.4, 0.5) is 5.69 Å². The van der Waals surface area contributed by atoms with Gasteiger partial charge in [0.1, 0.15) is 0 Å². The van der Waals surface area contributed by atoms with Crippen LogP contribution >= 0.6 is 11.8 Å². The van der Waals surface area contributed by atoms with Crippen LogP contribution in [0.5, 0.6) is 0 Å². The molecular weight excluding hydrogens is 396 g/mol. The highest BCUT2D eigenvalue weighted by Gasteiger charge is 2.32. The van der Waals surface area contributed by atoms with Crippen molar-refractivity contribution in [3.63, 3.8) is 0 Å². The van der Waals surface area contributed by atoms with E-state index in [1.165, 1.54) is 24.4 Å². The number of ether oxygens (including phenoxy) is 1. The molecule has 2 aromatic rings. The molecule has 0 spiro atoms. The molecule has 0 atom stereocenters. The Balaban J connectivity index is 1.85. The number of esters is 1. The van der Waals surface area contributed by atoms with Crippen molar-refractivity contribution in [3.8, 4) is 0 Å². The van der Waals surface area contributed by atoms with Crippen molar-refractivity contribution in [1.29, 1.82) is 0 Å². The van der Waals surface area contributed by atoms with Gasteiger partial charge in [0.2, 0.25) is 0 Å². The fraction of sp³-hybridized carbons (Fsp3) is 0.292. The second kappa shape index (κ2) is 8.88. The molecule has 0 aliphatic carbocycles. The number of benzene rings is 2. The van der Waals surface area contributed by atoms with Crippen molar-refractivity contribution in [3.05, 3.63) is 70.1 Å². The van der Waals surface area contributed by atoms with Crippen molar-refractivity contribution in [2.45, 2.75) is 33.1 Å². The zero-order chi connectivity index (χ0) is 21.9. The van der Waals surface area contributed by atoms with Crippen molar-refractivity contribution < 1.29 is 14.3 Å². The minimum atomic E-state index is -0.391. The van der Waals surface area contributed by atoms with Gasteiger partial charge in [-0.15, -0.1) is 0 Å². The van der Waals surface area contributed by atoms with E-state index in [-0.39, 0.29) is 11.3 Å². The van der Waals surface area contributed by atoms with E-state index in [0.29, 0.717) is 27.9 Å². The van der Waals surface area contributed by atoms with Crippen LogP contribution < -0.4 is 0 Å². The van der Waals surface area contributed by atoms with Gasteiger partial charge in [0, 0.05) is 6.54 Å². The number of carbonyl (C=O) groups excluding carboxylic acids is 2. The van der Waals surface area contributed by atoms with Crippen LogP contribution in [0.15, 0.2) is 58.4 Å².